The molecule has 0 amide bonds. The van der Waals surface area contributed by atoms with E-state index in [0.717, 1.165) is 40.5 Å². The van der Waals surface area contributed by atoms with Crippen LogP contribution >= 0.6 is 11.3 Å². The molecule has 0 atom stereocenters. The zero-order valence-corrected chi connectivity index (χ0v) is 10.3. The Kier molecular flexibility index (Phi) is 3.24. The fourth-order valence-corrected chi connectivity index (χ4v) is 2.28. The number of aromatic nitrogens is 2. The van der Waals surface area contributed by atoms with E-state index in [9.17, 15) is 0 Å². The van der Waals surface area contributed by atoms with Crippen molar-refractivity contribution in [2.45, 2.75) is 33.1 Å². The Bertz CT molecular complexity index is 475. The van der Waals surface area contributed by atoms with Crippen molar-refractivity contribution < 1.29 is 4.52 Å². The molecule has 0 radical (unpaired) electrons. The standard InChI is InChI=1S/C11H15N3OS/c1-3-4-5-9-13-11(15-14-9)8-6-7(2)16-10(8)12/h6H,3-5,12H2,1-2H3. The molecular weight excluding hydrogens is 222 g/mol. The first kappa shape index (κ1) is 11.1. The summed E-state index contributed by atoms with van der Waals surface area (Å²) in [5.74, 6) is 1.30. The topological polar surface area (TPSA) is 64.9 Å². The van der Waals surface area contributed by atoms with Gasteiger partial charge in [0.05, 0.1) is 10.6 Å². The molecule has 2 rings (SSSR count). The lowest BCUT2D eigenvalue weighted by Gasteiger charge is -1.90. The first-order valence-corrected chi connectivity index (χ1v) is 6.21. The molecule has 2 aromatic heterocycles. The van der Waals surface area contributed by atoms with E-state index >= 15 is 0 Å². The summed E-state index contributed by atoms with van der Waals surface area (Å²) in [4.78, 5) is 5.49. The third kappa shape index (κ3) is 2.24. The number of anilines is 1. The van der Waals surface area contributed by atoms with Crippen LogP contribution in [0.4, 0.5) is 5.00 Å². The molecule has 0 aromatic carbocycles. The number of hydrogen-bond acceptors (Lipinski definition) is 5. The van der Waals surface area contributed by atoms with Gasteiger partial charge in [0, 0.05) is 11.3 Å². The van der Waals surface area contributed by atoms with Gasteiger partial charge in [-0.3, -0.25) is 0 Å². The molecule has 2 aromatic rings. The second-order valence-corrected chi connectivity index (χ2v) is 5.04. The lowest BCUT2D eigenvalue weighted by molar-refractivity contribution is 0.422. The zero-order valence-electron chi connectivity index (χ0n) is 9.49. The SMILES string of the molecule is CCCCc1noc(-c2cc(C)sc2N)n1. The van der Waals surface area contributed by atoms with Gasteiger partial charge in [-0.1, -0.05) is 18.5 Å². The summed E-state index contributed by atoms with van der Waals surface area (Å²) in [7, 11) is 0. The maximum Gasteiger partial charge on any atom is 0.260 e. The van der Waals surface area contributed by atoms with Crippen molar-refractivity contribution in [3.05, 3.63) is 16.8 Å². The molecule has 0 aliphatic heterocycles. The molecule has 16 heavy (non-hydrogen) atoms. The van der Waals surface area contributed by atoms with Gasteiger partial charge in [-0.25, -0.2) is 0 Å². The second-order valence-electron chi connectivity index (χ2n) is 3.75. The third-order valence-corrected chi connectivity index (χ3v) is 3.22. The summed E-state index contributed by atoms with van der Waals surface area (Å²) in [6.07, 6.45) is 3.07. The normalized spacial score (nSPS) is 10.9. The molecule has 2 heterocycles. The first-order chi connectivity index (χ1) is 7.70. The fraction of sp³-hybridized carbons (Fsp3) is 0.455. The van der Waals surface area contributed by atoms with Crippen LogP contribution < -0.4 is 5.73 Å². The molecule has 0 aliphatic rings. The van der Waals surface area contributed by atoms with E-state index in [-0.39, 0.29) is 0 Å². The lowest BCUT2D eigenvalue weighted by atomic mass is 10.2. The lowest BCUT2D eigenvalue weighted by Crippen LogP contribution is -1.88. The number of nitrogen functional groups attached to an aromatic ring is 1. The first-order valence-electron chi connectivity index (χ1n) is 5.39. The van der Waals surface area contributed by atoms with Crippen molar-refractivity contribution in [3.63, 3.8) is 0 Å². The highest BCUT2D eigenvalue weighted by atomic mass is 32.1. The smallest absolute Gasteiger partial charge is 0.260 e. The monoisotopic (exact) mass is 237 g/mol. The average molecular weight is 237 g/mol. The van der Waals surface area contributed by atoms with Crippen LogP contribution in [0, 0.1) is 6.92 Å². The fourth-order valence-electron chi connectivity index (χ4n) is 1.50. The Labute approximate surface area is 98.5 Å². The van der Waals surface area contributed by atoms with E-state index in [1.54, 1.807) is 11.3 Å². The number of hydrogen-bond donors (Lipinski definition) is 1. The van der Waals surface area contributed by atoms with Crippen LogP contribution in [0.1, 0.15) is 30.5 Å². The van der Waals surface area contributed by atoms with Crippen LogP contribution in [0.3, 0.4) is 0 Å². The summed E-state index contributed by atoms with van der Waals surface area (Å²) in [6.45, 7) is 4.15. The highest BCUT2D eigenvalue weighted by Gasteiger charge is 2.13. The van der Waals surface area contributed by atoms with Gasteiger partial charge in [0.15, 0.2) is 5.82 Å². The second kappa shape index (κ2) is 4.65. The summed E-state index contributed by atoms with van der Waals surface area (Å²) in [5.41, 5.74) is 6.73. The number of thiophene rings is 1. The van der Waals surface area contributed by atoms with E-state index in [4.69, 9.17) is 10.3 Å². The molecule has 0 aliphatic carbocycles. The van der Waals surface area contributed by atoms with Crippen molar-refractivity contribution in [3.8, 4) is 11.5 Å². The van der Waals surface area contributed by atoms with Crippen molar-refractivity contribution in [1.29, 1.82) is 0 Å². The summed E-state index contributed by atoms with van der Waals surface area (Å²) in [5, 5.41) is 4.68. The predicted octanol–water partition coefficient (Wildman–Crippen LogP) is 3.03. The van der Waals surface area contributed by atoms with E-state index in [1.165, 1.54) is 0 Å². The van der Waals surface area contributed by atoms with E-state index < -0.39 is 0 Å². The Hall–Kier alpha value is -1.36. The van der Waals surface area contributed by atoms with Crippen LogP contribution in [0.25, 0.3) is 11.5 Å². The van der Waals surface area contributed by atoms with Gasteiger partial charge in [-0.05, 0) is 19.4 Å². The van der Waals surface area contributed by atoms with Crippen molar-refractivity contribution >= 4 is 16.3 Å². The minimum Gasteiger partial charge on any atom is -0.390 e. The Morgan fingerprint density at radius 1 is 1.50 bits per heavy atom. The largest absolute Gasteiger partial charge is 0.390 e. The molecule has 0 saturated heterocycles. The summed E-state index contributed by atoms with van der Waals surface area (Å²) >= 11 is 1.54. The molecule has 4 nitrogen and oxygen atoms in total. The van der Waals surface area contributed by atoms with E-state index in [1.807, 2.05) is 13.0 Å². The Morgan fingerprint density at radius 3 is 2.94 bits per heavy atom. The van der Waals surface area contributed by atoms with Gasteiger partial charge in [0.1, 0.15) is 0 Å². The molecule has 2 N–H and O–H groups in total. The molecule has 0 saturated carbocycles. The van der Waals surface area contributed by atoms with Crippen molar-refractivity contribution in [1.82, 2.24) is 10.1 Å². The minimum absolute atomic E-state index is 0.535. The number of nitrogens with zero attached hydrogens (tertiary/aromatic N) is 2. The van der Waals surface area contributed by atoms with E-state index in [2.05, 4.69) is 17.1 Å². The maximum atomic E-state index is 5.87. The number of unbranched alkanes of at least 4 members (excludes halogenated alkanes) is 1. The highest BCUT2D eigenvalue weighted by molar-refractivity contribution is 7.16. The average Bonchev–Trinajstić information content (AvgIpc) is 2.82. The molecular formula is C11H15N3OS. The Balaban J connectivity index is 2.21. The molecule has 0 unspecified atom stereocenters. The summed E-state index contributed by atoms with van der Waals surface area (Å²) < 4.78 is 5.21. The third-order valence-electron chi connectivity index (χ3n) is 2.34. The zero-order chi connectivity index (χ0) is 11.5. The van der Waals surface area contributed by atoms with Gasteiger partial charge in [-0.2, -0.15) is 4.98 Å². The van der Waals surface area contributed by atoms with Gasteiger partial charge in [0.2, 0.25) is 0 Å². The van der Waals surface area contributed by atoms with Crippen LogP contribution in [-0.4, -0.2) is 10.1 Å². The minimum atomic E-state index is 0.535. The number of nitrogens with two attached hydrogens (primary N) is 1. The molecule has 5 heteroatoms. The van der Waals surface area contributed by atoms with Gasteiger partial charge in [0.25, 0.3) is 5.89 Å². The molecule has 86 valence electrons. The van der Waals surface area contributed by atoms with Crippen LogP contribution in [0.15, 0.2) is 10.6 Å². The Morgan fingerprint density at radius 2 is 2.31 bits per heavy atom. The maximum absolute atomic E-state index is 5.87. The highest BCUT2D eigenvalue weighted by Crippen LogP contribution is 2.32. The van der Waals surface area contributed by atoms with Gasteiger partial charge >= 0.3 is 0 Å². The van der Waals surface area contributed by atoms with Gasteiger partial charge in [-0.15, -0.1) is 11.3 Å². The van der Waals surface area contributed by atoms with Crippen molar-refractivity contribution in [2.75, 3.05) is 5.73 Å². The molecule has 0 bridgehead atoms. The number of aryl methyl sites for hydroxylation is 2. The quantitative estimate of drug-likeness (QED) is 0.887. The predicted molar refractivity (Wildman–Crippen MR) is 65.4 cm³/mol. The van der Waals surface area contributed by atoms with E-state index in [0.29, 0.717) is 5.89 Å². The van der Waals surface area contributed by atoms with Crippen LogP contribution in [0.2, 0.25) is 0 Å². The van der Waals surface area contributed by atoms with Crippen LogP contribution in [-0.2, 0) is 6.42 Å². The van der Waals surface area contributed by atoms with Gasteiger partial charge < -0.3 is 10.3 Å². The molecule has 0 fully saturated rings. The van der Waals surface area contributed by atoms with Crippen molar-refractivity contribution in [2.24, 2.45) is 0 Å². The van der Waals surface area contributed by atoms with Crippen LogP contribution in [0.5, 0.6) is 0 Å². The molecule has 0 spiro atoms. The number of rotatable bonds is 4. The summed E-state index contributed by atoms with van der Waals surface area (Å²) in [6, 6.07) is 1.98.